The van der Waals surface area contributed by atoms with Crippen LogP contribution in [0, 0.1) is 11.3 Å². The maximum atomic E-state index is 13.5. The van der Waals surface area contributed by atoms with Gasteiger partial charge in [-0.25, -0.2) is 13.2 Å². The zero-order valence-electron chi connectivity index (χ0n) is 23.3. The second-order valence-corrected chi connectivity index (χ2v) is 13.4. The number of amides is 2. The summed E-state index contributed by atoms with van der Waals surface area (Å²) in [5, 5.41) is 0. The van der Waals surface area contributed by atoms with Gasteiger partial charge in [-0.1, -0.05) is 42.5 Å². The van der Waals surface area contributed by atoms with Crippen molar-refractivity contribution < 1.29 is 22.7 Å². The van der Waals surface area contributed by atoms with E-state index in [9.17, 15) is 18.0 Å². The topological polar surface area (TPSA) is 87.2 Å². The summed E-state index contributed by atoms with van der Waals surface area (Å²) in [7, 11) is -3.23. The van der Waals surface area contributed by atoms with Gasteiger partial charge in [-0.3, -0.25) is 4.79 Å². The van der Waals surface area contributed by atoms with Crippen LogP contribution in [-0.4, -0.2) is 87.2 Å². The minimum Gasteiger partial charge on any atom is -0.450 e. The summed E-state index contributed by atoms with van der Waals surface area (Å²) < 4.78 is 28.8. The molecule has 2 atom stereocenters. The van der Waals surface area contributed by atoms with Gasteiger partial charge in [-0.05, 0) is 68.5 Å². The fourth-order valence-electron chi connectivity index (χ4n) is 6.56. The van der Waals surface area contributed by atoms with Crippen LogP contribution in [0.5, 0.6) is 0 Å². The lowest BCUT2D eigenvalue weighted by molar-refractivity contribution is -0.139. The van der Waals surface area contributed by atoms with Crippen LogP contribution in [0.15, 0.2) is 59.5 Å². The van der Waals surface area contributed by atoms with Crippen molar-refractivity contribution in [2.45, 2.75) is 43.5 Å². The van der Waals surface area contributed by atoms with Crippen LogP contribution in [-0.2, 0) is 25.9 Å². The molecular weight excluding hydrogens is 550 g/mol. The first-order chi connectivity index (χ1) is 18.7. The van der Waals surface area contributed by atoms with Gasteiger partial charge >= 0.3 is 6.09 Å². The Bertz CT molecular complexity index is 1280. The van der Waals surface area contributed by atoms with Crippen molar-refractivity contribution >= 4 is 34.2 Å². The molecule has 2 aromatic carbocycles. The Balaban J connectivity index is 0.00000370. The molecule has 1 spiro atoms. The lowest BCUT2D eigenvalue weighted by Gasteiger charge is -2.39. The van der Waals surface area contributed by atoms with Gasteiger partial charge in [0.1, 0.15) is 0 Å². The Morgan fingerprint density at radius 1 is 0.975 bits per heavy atom. The van der Waals surface area contributed by atoms with Crippen LogP contribution in [0.2, 0.25) is 0 Å². The fraction of sp³-hybridized carbons (Fsp3) is 0.533. The van der Waals surface area contributed by atoms with Gasteiger partial charge < -0.3 is 19.4 Å². The third-order valence-electron chi connectivity index (χ3n) is 8.83. The number of rotatable bonds is 7. The van der Waals surface area contributed by atoms with Crippen molar-refractivity contribution in [2.24, 2.45) is 11.3 Å². The smallest absolute Gasteiger partial charge is 0.409 e. The second kappa shape index (κ2) is 12.5. The van der Waals surface area contributed by atoms with Crippen molar-refractivity contribution in [3.8, 4) is 0 Å². The van der Waals surface area contributed by atoms with Crippen molar-refractivity contribution in [1.29, 1.82) is 0 Å². The zero-order chi connectivity index (χ0) is 27.6. The molecule has 40 heavy (non-hydrogen) atoms. The summed E-state index contributed by atoms with van der Waals surface area (Å²) in [4.78, 5) is 32.6. The molecule has 8 nitrogen and oxygen atoms in total. The number of hydrogen-bond donors (Lipinski definition) is 0. The van der Waals surface area contributed by atoms with E-state index in [1.54, 1.807) is 12.1 Å². The third-order valence-corrected chi connectivity index (χ3v) is 9.96. The molecule has 0 aliphatic carbocycles. The van der Waals surface area contributed by atoms with E-state index in [4.69, 9.17) is 4.74 Å². The first-order valence-electron chi connectivity index (χ1n) is 14.0. The molecular formula is C30H40ClN3O5S. The molecule has 2 aromatic rings. The Morgan fingerprint density at radius 2 is 1.62 bits per heavy atom. The Hall–Kier alpha value is -2.62. The van der Waals surface area contributed by atoms with Gasteiger partial charge in [-0.2, -0.15) is 0 Å². The number of benzene rings is 2. The molecule has 2 amide bonds. The Labute approximate surface area is 244 Å². The highest BCUT2D eigenvalue weighted by Gasteiger charge is 2.48. The predicted octanol–water partition coefficient (Wildman–Crippen LogP) is 4.20. The van der Waals surface area contributed by atoms with E-state index in [1.807, 2.05) is 34.9 Å². The number of carbonyl (C=O) groups is 2. The van der Waals surface area contributed by atoms with Crippen LogP contribution >= 0.6 is 12.4 Å². The first kappa shape index (κ1) is 30.3. The summed E-state index contributed by atoms with van der Waals surface area (Å²) >= 11 is 0. The van der Waals surface area contributed by atoms with Crippen molar-refractivity contribution in [3.05, 3.63) is 65.7 Å². The molecule has 0 aromatic heterocycles. The number of piperidine rings is 1. The van der Waals surface area contributed by atoms with Crippen LogP contribution in [0.4, 0.5) is 4.79 Å². The van der Waals surface area contributed by atoms with E-state index < -0.39 is 9.84 Å². The second-order valence-electron chi connectivity index (χ2n) is 11.4. The van der Waals surface area contributed by atoms with E-state index in [2.05, 4.69) is 29.2 Å². The summed E-state index contributed by atoms with van der Waals surface area (Å²) in [5.74, 6) is 0.812. The number of carbonyl (C=O) groups excluding carboxylic acids is 2. The average molecular weight is 590 g/mol. The maximum absolute atomic E-state index is 13.5. The number of halogens is 1. The summed E-state index contributed by atoms with van der Waals surface area (Å²) in [6.07, 6.45) is 3.53. The standard InChI is InChI=1S/C30H39N3O5S.ClH/c1-3-38-29(35)33-21-25(27(22-33)24-7-5-4-6-8-24)20-31-16-13-30(14-17-31)15-18-32(28(30)34)19-23-9-11-26(12-10-23)39(2,36)37;/h4-12,25,27H,3,13-22H2,1-2H3;1H/t25-,27?;/m0./s1. The van der Waals surface area contributed by atoms with Gasteiger partial charge in [0.05, 0.1) is 16.9 Å². The highest BCUT2D eigenvalue weighted by molar-refractivity contribution is 7.90. The minimum atomic E-state index is -3.23. The molecule has 3 fully saturated rings. The molecule has 3 saturated heterocycles. The molecule has 3 aliphatic heterocycles. The number of ether oxygens (including phenoxy) is 1. The Kier molecular flexibility index (Phi) is 9.47. The van der Waals surface area contributed by atoms with Crippen molar-refractivity contribution in [2.75, 3.05) is 52.1 Å². The summed E-state index contributed by atoms with van der Waals surface area (Å²) in [5.41, 5.74) is 1.91. The third kappa shape index (κ3) is 6.47. The molecule has 10 heteroatoms. The SMILES string of the molecule is CCOC(=O)N1CC(c2ccccc2)[C@@H](CN2CCC3(CC2)CCN(Cc2ccc(S(C)(=O)=O)cc2)C3=O)C1.Cl. The lowest BCUT2D eigenvalue weighted by atomic mass is 9.76. The lowest BCUT2D eigenvalue weighted by Crippen LogP contribution is -2.46. The quantitative estimate of drug-likeness (QED) is 0.481. The molecule has 0 radical (unpaired) electrons. The molecule has 0 N–H and O–H groups in total. The fourth-order valence-corrected chi connectivity index (χ4v) is 7.19. The Morgan fingerprint density at radius 3 is 2.25 bits per heavy atom. The van der Waals surface area contributed by atoms with E-state index in [1.165, 1.54) is 11.8 Å². The van der Waals surface area contributed by atoms with Crippen LogP contribution in [0.25, 0.3) is 0 Å². The number of nitrogens with zero attached hydrogens (tertiary/aromatic N) is 3. The summed E-state index contributed by atoms with van der Waals surface area (Å²) in [6.45, 7) is 7.47. The molecule has 0 saturated carbocycles. The van der Waals surface area contributed by atoms with E-state index in [-0.39, 0.29) is 35.7 Å². The van der Waals surface area contributed by atoms with Gasteiger partial charge in [0.15, 0.2) is 9.84 Å². The van der Waals surface area contributed by atoms with Gasteiger partial charge in [-0.15, -0.1) is 12.4 Å². The normalized spacial score (nSPS) is 22.9. The van der Waals surface area contributed by atoms with E-state index in [0.29, 0.717) is 37.1 Å². The minimum absolute atomic E-state index is 0. The highest BCUT2D eigenvalue weighted by Crippen LogP contribution is 2.43. The molecule has 1 unspecified atom stereocenters. The molecule has 218 valence electrons. The average Bonchev–Trinajstić information content (AvgIpc) is 3.48. The molecule has 0 bridgehead atoms. The van der Waals surface area contributed by atoms with E-state index in [0.717, 1.165) is 51.0 Å². The summed E-state index contributed by atoms with van der Waals surface area (Å²) in [6, 6.07) is 17.3. The largest absolute Gasteiger partial charge is 0.450 e. The predicted molar refractivity (Wildman–Crippen MR) is 156 cm³/mol. The molecule has 3 heterocycles. The van der Waals surface area contributed by atoms with Crippen LogP contribution < -0.4 is 0 Å². The van der Waals surface area contributed by atoms with Crippen LogP contribution in [0.3, 0.4) is 0 Å². The number of likely N-dealkylation sites (tertiary alicyclic amines) is 3. The highest BCUT2D eigenvalue weighted by atomic mass is 35.5. The maximum Gasteiger partial charge on any atom is 0.409 e. The first-order valence-corrected chi connectivity index (χ1v) is 15.8. The number of hydrogen-bond acceptors (Lipinski definition) is 6. The molecule has 3 aliphatic rings. The van der Waals surface area contributed by atoms with Crippen molar-refractivity contribution in [1.82, 2.24) is 14.7 Å². The number of sulfone groups is 1. The van der Waals surface area contributed by atoms with Gasteiger partial charge in [0, 0.05) is 44.9 Å². The van der Waals surface area contributed by atoms with Crippen LogP contribution in [0.1, 0.15) is 43.2 Å². The zero-order valence-corrected chi connectivity index (χ0v) is 25.0. The van der Waals surface area contributed by atoms with Crippen molar-refractivity contribution in [3.63, 3.8) is 0 Å². The van der Waals surface area contributed by atoms with Gasteiger partial charge in [0.2, 0.25) is 5.91 Å². The monoisotopic (exact) mass is 589 g/mol. The molecule has 5 rings (SSSR count). The van der Waals surface area contributed by atoms with E-state index >= 15 is 0 Å². The van der Waals surface area contributed by atoms with Gasteiger partial charge in [0.25, 0.3) is 0 Å².